The summed E-state index contributed by atoms with van der Waals surface area (Å²) in [6, 6.07) is 11.2. The van der Waals surface area contributed by atoms with E-state index < -0.39 is 26.4 Å². The summed E-state index contributed by atoms with van der Waals surface area (Å²) >= 11 is 0. The molecule has 0 saturated heterocycles. The number of carbonyl (C=O) groups is 1. The molecule has 0 unspecified atom stereocenters. The van der Waals surface area contributed by atoms with Crippen molar-refractivity contribution in [3.63, 3.8) is 0 Å². The van der Waals surface area contributed by atoms with Gasteiger partial charge >= 0.3 is 5.76 Å². The Hall–Kier alpha value is -2.52. The van der Waals surface area contributed by atoms with E-state index >= 15 is 0 Å². The van der Waals surface area contributed by atoms with E-state index in [1.165, 1.54) is 12.1 Å². The maximum atomic E-state index is 12.6. The monoisotopic (exact) mass is 426 g/mol. The zero-order valence-electron chi connectivity index (χ0n) is 16.3. The molecule has 0 heterocycles. The normalized spacial score (nSPS) is 11.7. The molecule has 2 rings (SSSR count). The van der Waals surface area contributed by atoms with Gasteiger partial charge in [-0.05, 0) is 61.6 Å². The Kier molecular flexibility index (Phi) is 8.10. The molecule has 0 aliphatic heterocycles. The van der Waals surface area contributed by atoms with Crippen LogP contribution in [-0.2, 0) is 9.84 Å². The van der Waals surface area contributed by atoms with E-state index in [9.17, 15) is 22.0 Å². The SMILES string of the molecule is CCN(CC)CCOc1ccc(NC(=O)c2ccc(S(=O)(=O)C(F)F)cc2)cc1. The summed E-state index contributed by atoms with van der Waals surface area (Å²) < 4.78 is 53.6. The molecule has 1 amide bonds. The fraction of sp³-hybridized carbons (Fsp3) is 0.350. The van der Waals surface area contributed by atoms with Crippen molar-refractivity contribution in [1.82, 2.24) is 4.90 Å². The van der Waals surface area contributed by atoms with Crippen LogP contribution >= 0.6 is 0 Å². The number of sulfone groups is 1. The largest absolute Gasteiger partial charge is 0.492 e. The first kappa shape index (κ1) is 22.8. The summed E-state index contributed by atoms with van der Waals surface area (Å²) in [5.74, 6) is -3.31. The topological polar surface area (TPSA) is 75.7 Å². The molecule has 0 aliphatic carbocycles. The lowest BCUT2D eigenvalue weighted by molar-refractivity contribution is 0.102. The molecule has 0 radical (unpaired) electrons. The highest BCUT2D eigenvalue weighted by molar-refractivity contribution is 7.91. The molecule has 2 aromatic rings. The van der Waals surface area contributed by atoms with Crippen LogP contribution in [0.2, 0.25) is 0 Å². The summed E-state index contributed by atoms with van der Waals surface area (Å²) in [4.78, 5) is 14.0. The Labute approximate surface area is 169 Å². The summed E-state index contributed by atoms with van der Waals surface area (Å²) in [5.41, 5.74) is 0.674. The molecule has 9 heteroatoms. The number of benzene rings is 2. The van der Waals surface area contributed by atoms with E-state index in [4.69, 9.17) is 4.74 Å². The lowest BCUT2D eigenvalue weighted by Gasteiger charge is -2.18. The molecule has 0 saturated carbocycles. The molecule has 0 atom stereocenters. The van der Waals surface area contributed by atoms with E-state index in [0.29, 0.717) is 18.0 Å². The van der Waals surface area contributed by atoms with Crippen molar-refractivity contribution in [1.29, 1.82) is 0 Å². The van der Waals surface area contributed by atoms with Gasteiger partial charge in [0.2, 0.25) is 9.84 Å². The fourth-order valence-electron chi connectivity index (χ4n) is 2.57. The van der Waals surface area contributed by atoms with E-state index in [1.807, 2.05) is 0 Å². The van der Waals surface area contributed by atoms with Crippen molar-refractivity contribution in [3.05, 3.63) is 54.1 Å². The van der Waals surface area contributed by atoms with Crippen LogP contribution in [-0.4, -0.2) is 51.2 Å². The molecule has 0 aliphatic rings. The third-order valence-electron chi connectivity index (χ3n) is 4.36. The lowest BCUT2D eigenvalue weighted by Crippen LogP contribution is -2.27. The van der Waals surface area contributed by atoms with Crippen molar-refractivity contribution in [2.24, 2.45) is 0 Å². The van der Waals surface area contributed by atoms with Crippen molar-refractivity contribution < 1.29 is 26.7 Å². The molecule has 0 bridgehead atoms. The summed E-state index contributed by atoms with van der Waals surface area (Å²) in [5, 5.41) is 2.66. The molecular formula is C20H24F2N2O4S. The van der Waals surface area contributed by atoms with Gasteiger partial charge in [-0.15, -0.1) is 0 Å². The van der Waals surface area contributed by atoms with Gasteiger partial charge in [0, 0.05) is 17.8 Å². The zero-order valence-corrected chi connectivity index (χ0v) is 17.1. The second kappa shape index (κ2) is 10.3. The number of nitrogens with zero attached hydrogens (tertiary/aromatic N) is 1. The van der Waals surface area contributed by atoms with E-state index in [1.54, 1.807) is 24.3 Å². The minimum absolute atomic E-state index is 0.151. The van der Waals surface area contributed by atoms with Crippen LogP contribution in [0.3, 0.4) is 0 Å². The summed E-state index contributed by atoms with van der Waals surface area (Å²) in [6.45, 7) is 7.47. The highest BCUT2D eigenvalue weighted by atomic mass is 32.2. The molecule has 0 fully saturated rings. The van der Waals surface area contributed by atoms with Gasteiger partial charge in [0.05, 0.1) is 4.90 Å². The van der Waals surface area contributed by atoms with Gasteiger partial charge in [0.15, 0.2) is 0 Å². The van der Waals surface area contributed by atoms with E-state index in [-0.39, 0.29) is 5.56 Å². The molecule has 0 aromatic heterocycles. The maximum Gasteiger partial charge on any atom is 0.341 e. The average Bonchev–Trinajstić information content (AvgIpc) is 2.72. The van der Waals surface area contributed by atoms with Gasteiger partial charge in [0.25, 0.3) is 5.91 Å². The highest BCUT2D eigenvalue weighted by Crippen LogP contribution is 2.20. The van der Waals surface area contributed by atoms with Gasteiger partial charge in [-0.3, -0.25) is 4.79 Å². The van der Waals surface area contributed by atoms with Crippen LogP contribution in [0.4, 0.5) is 14.5 Å². The molecule has 6 nitrogen and oxygen atoms in total. The van der Waals surface area contributed by atoms with Gasteiger partial charge in [-0.2, -0.15) is 8.78 Å². The highest BCUT2D eigenvalue weighted by Gasteiger charge is 2.26. The number of hydrogen-bond acceptors (Lipinski definition) is 5. The predicted octanol–water partition coefficient (Wildman–Crippen LogP) is 3.66. The third kappa shape index (κ3) is 6.23. The van der Waals surface area contributed by atoms with Crippen LogP contribution in [0, 0.1) is 0 Å². The van der Waals surface area contributed by atoms with Crippen molar-refractivity contribution in [3.8, 4) is 5.75 Å². The minimum atomic E-state index is -4.68. The zero-order chi connectivity index (χ0) is 21.4. The van der Waals surface area contributed by atoms with E-state index in [0.717, 1.165) is 31.8 Å². The number of amides is 1. The minimum Gasteiger partial charge on any atom is -0.492 e. The number of carbonyl (C=O) groups excluding carboxylic acids is 1. The van der Waals surface area contributed by atoms with E-state index in [2.05, 4.69) is 24.1 Å². The first-order valence-electron chi connectivity index (χ1n) is 9.16. The Morgan fingerprint density at radius 1 is 1.03 bits per heavy atom. The summed E-state index contributed by atoms with van der Waals surface area (Å²) in [7, 11) is -4.68. The molecular weight excluding hydrogens is 402 g/mol. The van der Waals surface area contributed by atoms with Crippen LogP contribution < -0.4 is 10.1 Å². The third-order valence-corrected chi connectivity index (χ3v) is 5.76. The Morgan fingerprint density at radius 3 is 2.14 bits per heavy atom. The maximum absolute atomic E-state index is 12.6. The second-order valence-corrected chi connectivity index (χ2v) is 8.10. The average molecular weight is 426 g/mol. The lowest BCUT2D eigenvalue weighted by atomic mass is 10.2. The van der Waals surface area contributed by atoms with Crippen LogP contribution in [0.1, 0.15) is 24.2 Å². The van der Waals surface area contributed by atoms with Crippen LogP contribution in [0.15, 0.2) is 53.4 Å². The molecule has 29 heavy (non-hydrogen) atoms. The fourth-order valence-corrected chi connectivity index (χ4v) is 3.29. The molecule has 2 aromatic carbocycles. The van der Waals surface area contributed by atoms with Crippen LogP contribution in [0.25, 0.3) is 0 Å². The number of nitrogens with one attached hydrogen (secondary N) is 1. The summed E-state index contributed by atoms with van der Waals surface area (Å²) in [6.07, 6.45) is 0. The van der Waals surface area contributed by atoms with Gasteiger partial charge < -0.3 is 15.0 Å². The van der Waals surface area contributed by atoms with Gasteiger partial charge in [0.1, 0.15) is 12.4 Å². The number of rotatable bonds is 10. The second-order valence-electron chi connectivity index (χ2n) is 6.18. The number of ether oxygens (including phenoxy) is 1. The Balaban J connectivity index is 1.94. The number of anilines is 1. The number of hydrogen-bond donors (Lipinski definition) is 1. The van der Waals surface area contributed by atoms with Crippen LogP contribution in [0.5, 0.6) is 5.75 Å². The predicted molar refractivity (Wildman–Crippen MR) is 107 cm³/mol. The standard InChI is InChI=1S/C20H24F2N2O4S/c1-3-24(4-2)13-14-28-17-9-7-16(8-10-17)23-19(25)15-5-11-18(12-6-15)29(26,27)20(21)22/h5-12,20H,3-4,13-14H2,1-2H3,(H,23,25). The molecule has 1 N–H and O–H groups in total. The number of alkyl halides is 2. The Bertz CT molecular complexity index is 897. The first-order chi connectivity index (χ1) is 13.8. The number of halogens is 2. The van der Waals surface area contributed by atoms with Gasteiger partial charge in [-0.25, -0.2) is 8.42 Å². The van der Waals surface area contributed by atoms with Crippen molar-refractivity contribution >= 4 is 21.4 Å². The molecule has 158 valence electrons. The van der Waals surface area contributed by atoms with Gasteiger partial charge in [-0.1, -0.05) is 13.8 Å². The first-order valence-corrected chi connectivity index (χ1v) is 10.7. The van der Waals surface area contributed by atoms with Crippen molar-refractivity contribution in [2.45, 2.75) is 24.5 Å². The van der Waals surface area contributed by atoms with Crippen molar-refractivity contribution in [2.75, 3.05) is 31.6 Å². The molecule has 0 spiro atoms. The quantitative estimate of drug-likeness (QED) is 0.628. The number of likely N-dealkylation sites (N-methyl/N-ethyl adjacent to an activating group) is 1. The Morgan fingerprint density at radius 2 is 1.62 bits per heavy atom. The smallest absolute Gasteiger partial charge is 0.341 e.